The number of urea groups is 1. The molecule has 3 aromatic rings. The van der Waals surface area contributed by atoms with E-state index >= 15 is 0 Å². The Balaban J connectivity index is 1.93. The summed E-state index contributed by atoms with van der Waals surface area (Å²) in [6.07, 6.45) is -4.57. The Bertz CT molecular complexity index is 1320. The first-order valence-corrected chi connectivity index (χ1v) is 12.4. The van der Waals surface area contributed by atoms with Crippen molar-refractivity contribution in [2.75, 3.05) is 20.4 Å². The molecule has 0 aromatic heterocycles. The van der Waals surface area contributed by atoms with E-state index in [1.807, 2.05) is 0 Å². The first kappa shape index (κ1) is 27.8. The molecule has 0 bridgehead atoms. The van der Waals surface area contributed by atoms with Gasteiger partial charge in [0.25, 0.3) is 0 Å². The number of methoxy groups -OCH3 is 1. The second-order valence-corrected chi connectivity index (χ2v) is 9.25. The van der Waals surface area contributed by atoms with Gasteiger partial charge in [-0.1, -0.05) is 47.5 Å². The number of rotatable bonds is 7. The molecule has 0 aliphatic carbocycles. The number of halogens is 5. The quantitative estimate of drug-likeness (QED) is 0.306. The molecule has 2 atom stereocenters. The van der Waals surface area contributed by atoms with Crippen LogP contribution in [0.4, 0.5) is 18.0 Å². The van der Waals surface area contributed by atoms with E-state index < -0.39 is 29.9 Å². The average molecular weight is 566 g/mol. The number of ether oxygens (including phenoxy) is 2. The van der Waals surface area contributed by atoms with E-state index in [2.05, 4.69) is 5.32 Å². The molecule has 1 heterocycles. The van der Waals surface area contributed by atoms with Crippen LogP contribution in [-0.4, -0.2) is 37.2 Å². The zero-order chi connectivity index (χ0) is 27.4. The fourth-order valence-electron chi connectivity index (χ4n) is 4.24. The van der Waals surface area contributed by atoms with Crippen LogP contribution in [0.1, 0.15) is 41.3 Å². The first-order chi connectivity index (χ1) is 18.1. The van der Waals surface area contributed by atoms with Crippen molar-refractivity contribution in [1.29, 1.82) is 0 Å². The van der Waals surface area contributed by atoms with Crippen molar-refractivity contribution in [1.82, 2.24) is 10.2 Å². The van der Waals surface area contributed by atoms with E-state index in [1.165, 1.54) is 18.1 Å². The van der Waals surface area contributed by atoms with Gasteiger partial charge in [-0.15, -0.1) is 0 Å². The molecule has 0 radical (unpaired) electrons. The molecule has 38 heavy (non-hydrogen) atoms. The number of amides is 2. The minimum absolute atomic E-state index is 0.0442. The molecule has 0 saturated carbocycles. The third-order valence-corrected chi connectivity index (χ3v) is 6.43. The highest BCUT2D eigenvalue weighted by molar-refractivity contribution is 6.30. The van der Waals surface area contributed by atoms with Crippen molar-refractivity contribution in [2.24, 2.45) is 4.99 Å². The molecular weight excluding hydrogens is 542 g/mol. The van der Waals surface area contributed by atoms with E-state index in [0.29, 0.717) is 15.6 Å². The van der Waals surface area contributed by atoms with Crippen molar-refractivity contribution in [2.45, 2.75) is 25.2 Å². The largest absolute Gasteiger partial charge is 0.493 e. The summed E-state index contributed by atoms with van der Waals surface area (Å²) < 4.78 is 51.1. The van der Waals surface area contributed by atoms with Crippen molar-refractivity contribution < 1.29 is 27.4 Å². The van der Waals surface area contributed by atoms with Crippen LogP contribution in [0.25, 0.3) is 0 Å². The van der Waals surface area contributed by atoms with Crippen LogP contribution in [0.5, 0.6) is 5.75 Å². The van der Waals surface area contributed by atoms with Gasteiger partial charge in [0, 0.05) is 17.2 Å². The van der Waals surface area contributed by atoms with E-state index in [0.717, 1.165) is 17.7 Å². The maximum absolute atomic E-state index is 13.6. The number of nitrogens with one attached hydrogen (secondary N) is 1. The van der Waals surface area contributed by atoms with E-state index in [1.54, 1.807) is 55.5 Å². The van der Waals surface area contributed by atoms with E-state index in [4.69, 9.17) is 37.7 Å². The lowest BCUT2D eigenvalue weighted by Crippen LogP contribution is -2.45. The van der Waals surface area contributed by atoms with Crippen LogP contribution >= 0.6 is 23.2 Å². The van der Waals surface area contributed by atoms with E-state index in [9.17, 15) is 18.0 Å². The molecule has 200 valence electrons. The van der Waals surface area contributed by atoms with Crippen LogP contribution in [-0.2, 0) is 10.9 Å². The standard InChI is InChI=1S/C27H24Cl2F3N3O3/c1-3-38-22-14-18(27(30,31)32)8-13-21(22)25-34-23(16-4-9-19(28)10-5-16)24(17-6-11-20(29)12-7-17)35(25)26(36)33-15-37-2/h4-14,23-24H,3,15H2,1-2H3,(H,33,36). The zero-order valence-electron chi connectivity index (χ0n) is 20.4. The molecular formula is C27H24Cl2F3N3O3. The molecule has 2 amide bonds. The Morgan fingerprint density at radius 2 is 1.61 bits per heavy atom. The molecule has 11 heteroatoms. The molecule has 3 aromatic carbocycles. The predicted octanol–water partition coefficient (Wildman–Crippen LogP) is 7.27. The van der Waals surface area contributed by atoms with Gasteiger partial charge in [-0.25, -0.2) is 4.79 Å². The number of hydrogen-bond donors (Lipinski definition) is 1. The third-order valence-electron chi connectivity index (χ3n) is 5.93. The minimum atomic E-state index is -4.57. The monoisotopic (exact) mass is 565 g/mol. The maximum Gasteiger partial charge on any atom is 0.416 e. The lowest BCUT2D eigenvalue weighted by molar-refractivity contribution is -0.137. The normalized spacial score (nSPS) is 17.3. The highest BCUT2D eigenvalue weighted by Gasteiger charge is 2.43. The predicted molar refractivity (Wildman–Crippen MR) is 140 cm³/mol. The van der Waals surface area contributed by atoms with Gasteiger partial charge >= 0.3 is 12.2 Å². The van der Waals surface area contributed by atoms with Gasteiger partial charge in [0.15, 0.2) is 0 Å². The van der Waals surface area contributed by atoms with Crippen molar-refractivity contribution in [3.05, 3.63) is 99.0 Å². The van der Waals surface area contributed by atoms with Crippen molar-refractivity contribution >= 4 is 35.1 Å². The maximum atomic E-state index is 13.6. The molecule has 1 aliphatic heterocycles. The second kappa shape index (κ2) is 11.6. The van der Waals surface area contributed by atoms with Crippen LogP contribution in [0.15, 0.2) is 71.7 Å². The van der Waals surface area contributed by atoms with Crippen LogP contribution < -0.4 is 10.1 Å². The first-order valence-electron chi connectivity index (χ1n) is 11.6. The topological polar surface area (TPSA) is 63.2 Å². The van der Waals surface area contributed by atoms with Gasteiger partial charge in [0.05, 0.1) is 23.8 Å². The summed E-state index contributed by atoms with van der Waals surface area (Å²) in [6, 6.07) is 15.3. The number of carbonyl (C=O) groups excluding carboxylic acids is 1. The van der Waals surface area contributed by atoms with Gasteiger partial charge < -0.3 is 14.8 Å². The number of nitrogens with zero attached hydrogens (tertiary/aromatic N) is 2. The summed E-state index contributed by atoms with van der Waals surface area (Å²) in [5.74, 6) is 0.105. The summed E-state index contributed by atoms with van der Waals surface area (Å²) in [6.45, 7) is 1.68. The summed E-state index contributed by atoms with van der Waals surface area (Å²) in [5.41, 5.74) is 0.828. The molecule has 4 rings (SSSR count). The van der Waals surface area contributed by atoms with Gasteiger partial charge in [-0.2, -0.15) is 13.2 Å². The number of carbonyl (C=O) groups is 1. The molecule has 2 unspecified atom stereocenters. The number of alkyl halides is 3. The Morgan fingerprint density at radius 1 is 1.00 bits per heavy atom. The summed E-state index contributed by atoms with van der Waals surface area (Å²) in [7, 11) is 1.43. The Kier molecular flexibility index (Phi) is 8.50. The number of benzene rings is 3. The molecule has 1 N–H and O–H groups in total. The van der Waals surface area contributed by atoms with Gasteiger partial charge in [0.1, 0.15) is 24.4 Å². The second-order valence-electron chi connectivity index (χ2n) is 8.37. The lowest BCUT2D eigenvalue weighted by Gasteiger charge is -2.30. The Hall–Kier alpha value is -3.27. The fraction of sp³-hybridized carbons (Fsp3) is 0.259. The molecule has 6 nitrogen and oxygen atoms in total. The third kappa shape index (κ3) is 5.90. The van der Waals surface area contributed by atoms with Crippen molar-refractivity contribution in [3.8, 4) is 5.75 Å². The van der Waals surface area contributed by atoms with Gasteiger partial charge in [-0.3, -0.25) is 9.89 Å². The highest BCUT2D eigenvalue weighted by Crippen LogP contribution is 2.45. The Morgan fingerprint density at radius 3 is 2.16 bits per heavy atom. The average Bonchev–Trinajstić information content (AvgIpc) is 3.28. The summed E-state index contributed by atoms with van der Waals surface area (Å²) in [5, 5.41) is 3.70. The molecule has 1 aliphatic rings. The SMILES string of the molecule is CCOc1cc(C(F)(F)F)ccc1C1=NC(c2ccc(Cl)cc2)C(c2ccc(Cl)cc2)N1C(=O)NCOC. The van der Waals surface area contributed by atoms with Crippen LogP contribution in [0.3, 0.4) is 0 Å². The zero-order valence-corrected chi connectivity index (χ0v) is 21.9. The molecule has 0 saturated heterocycles. The fourth-order valence-corrected chi connectivity index (χ4v) is 4.50. The molecule has 0 fully saturated rings. The van der Waals surface area contributed by atoms with Gasteiger partial charge in [-0.05, 0) is 60.5 Å². The lowest BCUT2D eigenvalue weighted by atomic mass is 9.94. The van der Waals surface area contributed by atoms with Crippen molar-refractivity contribution in [3.63, 3.8) is 0 Å². The molecule has 0 spiro atoms. The Labute approximate surface area is 228 Å². The number of amidine groups is 1. The van der Waals surface area contributed by atoms with Crippen LogP contribution in [0.2, 0.25) is 10.0 Å². The van der Waals surface area contributed by atoms with E-state index in [-0.39, 0.29) is 30.5 Å². The highest BCUT2D eigenvalue weighted by atomic mass is 35.5. The van der Waals surface area contributed by atoms with Gasteiger partial charge in [0.2, 0.25) is 0 Å². The summed E-state index contributed by atoms with van der Waals surface area (Å²) in [4.78, 5) is 19.8. The minimum Gasteiger partial charge on any atom is -0.493 e. The summed E-state index contributed by atoms with van der Waals surface area (Å²) >= 11 is 12.2. The number of hydrogen-bond acceptors (Lipinski definition) is 4. The van der Waals surface area contributed by atoms with Crippen LogP contribution in [0, 0.1) is 0 Å². The number of aliphatic imine (C=N–C) groups is 1. The smallest absolute Gasteiger partial charge is 0.416 e.